The summed E-state index contributed by atoms with van der Waals surface area (Å²) in [6, 6.07) is 6.57. The van der Waals surface area contributed by atoms with E-state index in [0.717, 1.165) is 28.7 Å². The highest BCUT2D eigenvalue weighted by Crippen LogP contribution is 2.66. The smallest absolute Gasteiger partial charge is 0.481 e. The van der Waals surface area contributed by atoms with Crippen molar-refractivity contribution in [3.05, 3.63) is 111 Å². The summed E-state index contributed by atoms with van der Waals surface area (Å²) in [5.74, 6) is -2.96. The van der Waals surface area contributed by atoms with Crippen LogP contribution in [-0.4, -0.2) is 191 Å². The van der Waals surface area contributed by atoms with Crippen molar-refractivity contribution >= 4 is 120 Å². The number of carboxylic acid groups (broad SMARTS) is 3. The van der Waals surface area contributed by atoms with Crippen molar-refractivity contribution in [3.63, 3.8) is 0 Å². The number of phosphoric acid groups is 3. The topological polar surface area (TPSA) is 570 Å². The Morgan fingerprint density at radius 1 is 0.798 bits per heavy atom. The number of nitrogens with one attached hydrogen (secondary N) is 6. The van der Waals surface area contributed by atoms with Gasteiger partial charge in [-0.25, -0.2) is 23.3 Å². The lowest BCUT2D eigenvalue weighted by Crippen LogP contribution is -3.10. The first-order chi connectivity index (χ1) is 50.9. The Morgan fingerprint density at radius 2 is 1.46 bits per heavy atom. The Balaban J connectivity index is 1.04. The number of carbonyl (C=O) groups excluding carboxylic acids is 5. The van der Waals surface area contributed by atoms with Crippen LogP contribution < -0.4 is 47.8 Å². The standard InChI is InChI=1S/C66H91N10O27P3S3/c1-7-74-48-25-23-40(2)32-43(48)65(3,4)52(74)19-11-8-12-20-53-66(5,6)44-33-42(109(97,98)99)24-26-49(44)75(53)30-16-10-14-22-56(80)71-47(61(85)69-28-15-9-13-21-55(79)70-45(34-58(81)82)62(86)72-46(63(87)88)35-59(83)84)39-108-107-31-27-54(78)68-29-17-18-41-37-76(64(89)73-60(41)67)57-36-50(77)51(101-57)38-100-105(93,94)103-106(95,96)102-104(90,91)92/h8,11-12,19-20,23-26,32-33,37,45-47,50-52,57,77H,7,9-10,13-16,21-22,27-31,34-36,38-39H2,1-6H3,(H,68,78)(H,69,85)(H,70,79)(H,71,80)(H,72,86)(H,81,82)(H,83,84)(H,87,88)(H,93,94)(H,95,96)(H2,67,73,89)(H2,90,91,92)(H,97,98,99)/p+1/b12-8+,19-11+,53-20+/t45?,46?,47?,50-,51-,52?,57-/m1/s1. The van der Waals surface area contributed by atoms with Crippen molar-refractivity contribution in [2.75, 3.05) is 54.9 Å². The van der Waals surface area contributed by atoms with Crippen LogP contribution in [0, 0.1) is 18.8 Å². The maximum absolute atomic E-state index is 13.8. The van der Waals surface area contributed by atoms with E-state index in [1.165, 1.54) is 55.4 Å². The largest absolute Gasteiger partial charge is 0.490 e. The number of unbranched alkanes of at least 4 members (excludes halogenated alkanes) is 4. The predicted molar refractivity (Wildman–Crippen MR) is 397 cm³/mol. The molecule has 3 aromatic rings. The number of aryl methyl sites for hydroxylation is 1. The van der Waals surface area contributed by atoms with Gasteiger partial charge in [0.05, 0.1) is 54.5 Å². The second-order valence-electron chi connectivity index (χ2n) is 26.6. The Morgan fingerprint density at radius 3 is 2.10 bits per heavy atom. The average molecular weight is 1650 g/mol. The SMILES string of the molecule is CC[NH+]1c2ccc(C)cc2C(C)(C)C1/C=C/C=C/C=C1/N(CCCCCC(=O)NC(CSSCCC(=O)NCC#Cc2cn([C@H]3C[C@@H](O)[C@@H](COP(=O)(O)OP(=O)(O)OP(=O)(O)O)O3)c(=O)nc2N)C(=O)NCCCCCC(=O)NC(CC(=O)O)C(=O)NC(CC(=O)O)C(=O)O)c2ccc(S(=O)(=O)O)cc2C1(C)C. The summed E-state index contributed by atoms with van der Waals surface area (Å²) >= 11 is 0. The van der Waals surface area contributed by atoms with E-state index in [4.69, 9.17) is 25.4 Å². The monoisotopic (exact) mass is 1650 g/mol. The zero-order chi connectivity index (χ0) is 81.0. The first-order valence-corrected chi connectivity index (χ1v) is 42.6. The molecule has 3 aliphatic heterocycles. The second kappa shape index (κ2) is 40.0. The molecule has 0 spiro atoms. The van der Waals surface area contributed by atoms with Gasteiger partial charge in [0.15, 0.2) is 0 Å². The molecule has 109 heavy (non-hydrogen) atoms. The molecule has 37 nitrogen and oxygen atoms in total. The van der Waals surface area contributed by atoms with Crippen LogP contribution in [0.3, 0.4) is 0 Å². The molecule has 10 atom stereocenters. The van der Waals surface area contributed by atoms with Crippen LogP contribution in [0.4, 0.5) is 17.2 Å². The molecule has 17 N–H and O–H groups in total. The Bertz CT molecular complexity index is 4350. The van der Waals surface area contributed by atoms with Crippen LogP contribution in [0.15, 0.2) is 88.4 Å². The number of nitrogens with zero attached hydrogens (tertiary/aromatic N) is 3. The third-order valence-corrected chi connectivity index (χ3v) is 24.7. The van der Waals surface area contributed by atoms with Crippen molar-refractivity contribution in [2.45, 2.75) is 177 Å². The fraction of sp³-hybridized carbons (Fsp3) is 0.515. The summed E-state index contributed by atoms with van der Waals surface area (Å²) in [4.78, 5) is 157. The van der Waals surface area contributed by atoms with E-state index in [-0.39, 0.29) is 84.4 Å². The highest BCUT2D eigenvalue weighted by Gasteiger charge is 2.48. The van der Waals surface area contributed by atoms with E-state index < -0.39 is 148 Å². The second-order valence-corrected chi connectivity index (χ2v) is 35.1. The molecule has 0 aliphatic carbocycles. The number of rotatable bonds is 42. The molecule has 600 valence electrons. The van der Waals surface area contributed by atoms with Gasteiger partial charge in [0, 0.05) is 78.8 Å². The number of aromatic nitrogens is 2. The molecule has 0 bridgehead atoms. The fourth-order valence-corrected chi connectivity index (χ4v) is 18.0. The number of likely N-dealkylation sites (N-methyl/N-ethyl adjacent to an activating group) is 1. The van der Waals surface area contributed by atoms with Gasteiger partial charge in [0.2, 0.25) is 29.5 Å². The maximum atomic E-state index is 13.8. The molecule has 3 aliphatic rings. The van der Waals surface area contributed by atoms with Gasteiger partial charge in [0.1, 0.15) is 48.0 Å². The number of quaternary nitrogens is 1. The van der Waals surface area contributed by atoms with Crippen LogP contribution in [-0.2, 0) is 90.9 Å². The molecule has 1 fully saturated rings. The van der Waals surface area contributed by atoms with E-state index in [1.807, 2.05) is 43.5 Å². The third-order valence-electron chi connectivity index (χ3n) is 17.7. The lowest BCUT2D eigenvalue weighted by atomic mass is 9.80. The number of ether oxygens (including phenoxy) is 1. The number of carboxylic acids is 3. The Labute approximate surface area is 635 Å². The van der Waals surface area contributed by atoms with Gasteiger partial charge < -0.3 is 82.0 Å². The lowest BCUT2D eigenvalue weighted by Gasteiger charge is -2.27. The molecule has 1 saturated heterocycles. The summed E-state index contributed by atoms with van der Waals surface area (Å²) < 4.78 is 87.9. The van der Waals surface area contributed by atoms with Crippen molar-refractivity contribution in [1.29, 1.82) is 0 Å². The number of hydrogen-bond acceptors (Lipinski definition) is 24. The summed E-state index contributed by atoms with van der Waals surface area (Å²) in [7, 11) is -19.2. The Hall–Kier alpha value is -7.64. The van der Waals surface area contributed by atoms with Gasteiger partial charge >= 0.3 is 47.1 Å². The highest BCUT2D eigenvalue weighted by molar-refractivity contribution is 8.76. The molecular weight excluding hydrogens is 1550 g/mol. The molecule has 5 amide bonds. The number of nitrogens with two attached hydrogens (primary N) is 1. The minimum Gasteiger partial charge on any atom is -0.481 e. The minimum atomic E-state index is -5.85. The summed E-state index contributed by atoms with van der Waals surface area (Å²) in [6.07, 6.45) is 6.84. The van der Waals surface area contributed by atoms with E-state index >= 15 is 0 Å². The van der Waals surface area contributed by atoms with E-state index in [2.05, 4.69) is 108 Å². The molecule has 0 saturated carbocycles. The quantitative estimate of drug-likeness (QED) is 0.00968. The molecule has 0 radical (unpaired) electrons. The molecular formula is C66H92N10O27P3S3+. The molecule has 1 aromatic heterocycles. The molecule has 7 unspecified atom stereocenters. The highest BCUT2D eigenvalue weighted by atomic mass is 33.1. The first kappa shape index (κ1) is 90.2. The minimum absolute atomic E-state index is 0.0195. The zero-order valence-electron chi connectivity index (χ0n) is 60.3. The maximum Gasteiger partial charge on any atom is 0.490 e. The number of carbonyl (C=O) groups is 8. The van der Waals surface area contributed by atoms with Gasteiger partial charge in [0.25, 0.3) is 10.1 Å². The van der Waals surface area contributed by atoms with Crippen LogP contribution >= 0.6 is 45.1 Å². The van der Waals surface area contributed by atoms with Crippen LogP contribution in [0.1, 0.15) is 140 Å². The average Bonchev–Trinajstić information content (AvgIpc) is 1.59. The number of benzene rings is 2. The summed E-state index contributed by atoms with van der Waals surface area (Å²) in [6.45, 7) is 12.9. The summed E-state index contributed by atoms with van der Waals surface area (Å²) in [5.41, 5.74) is 10.2. The van der Waals surface area contributed by atoms with Gasteiger partial charge in [-0.05, 0) is 101 Å². The lowest BCUT2D eigenvalue weighted by molar-refractivity contribution is -0.848. The fourth-order valence-electron chi connectivity index (χ4n) is 12.3. The number of hydrogen-bond donors (Lipinski definition) is 16. The first-order valence-electron chi connectivity index (χ1n) is 34.2. The molecule has 6 rings (SSSR count). The number of allylic oxidation sites excluding steroid dienone is 5. The van der Waals surface area contributed by atoms with Gasteiger partial charge in [-0.1, -0.05) is 90.0 Å². The van der Waals surface area contributed by atoms with Gasteiger partial charge in [-0.15, -0.1) is 0 Å². The number of fused-ring (bicyclic) bond motifs is 2. The number of aliphatic hydroxyl groups excluding tert-OH is 1. The van der Waals surface area contributed by atoms with Crippen molar-refractivity contribution in [3.8, 4) is 11.8 Å². The van der Waals surface area contributed by atoms with Gasteiger partial charge in [-0.2, -0.15) is 22.0 Å². The van der Waals surface area contributed by atoms with Crippen molar-refractivity contribution in [1.82, 2.24) is 36.1 Å². The van der Waals surface area contributed by atoms with Crippen LogP contribution in [0.5, 0.6) is 0 Å². The Kier molecular flexibility index (Phi) is 33.1. The number of nitrogen functional groups attached to an aromatic ring is 1. The predicted octanol–water partition coefficient (Wildman–Crippen LogP) is 3.03. The number of anilines is 2. The van der Waals surface area contributed by atoms with E-state index in [0.29, 0.717) is 44.2 Å². The van der Waals surface area contributed by atoms with E-state index in [1.54, 1.807) is 6.07 Å². The molecule has 2 aromatic carbocycles. The zero-order valence-corrected chi connectivity index (χ0v) is 65.4. The van der Waals surface area contributed by atoms with Crippen LogP contribution in [0.2, 0.25) is 0 Å². The van der Waals surface area contributed by atoms with E-state index in [9.17, 15) is 94.9 Å². The normalized spacial score (nSPS) is 20.2. The summed E-state index contributed by atoms with van der Waals surface area (Å²) in [5, 5.41) is 50.6. The molecule has 4 heterocycles. The van der Waals surface area contributed by atoms with Crippen molar-refractivity contribution in [2.24, 2.45) is 0 Å². The number of aliphatic hydroxyl groups is 1. The number of phosphoric ester groups is 1. The van der Waals surface area contributed by atoms with Gasteiger partial charge in [-0.3, -0.25) is 52.1 Å². The van der Waals surface area contributed by atoms with Crippen LogP contribution in [0.25, 0.3) is 0 Å². The third kappa shape index (κ3) is 27.4. The number of amides is 5. The van der Waals surface area contributed by atoms with Crippen molar-refractivity contribution < 1.29 is 128 Å². The number of aliphatic carboxylic acids is 3. The molecule has 43 heteroatoms.